The van der Waals surface area contributed by atoms with Gasteiger partial charge in [0.25, 0.3) is 5.91 Å². The summed E-state index contributed by atoms with van der Waals surface area (Å²) in [5, 5.41) is 0.544. The van der Waals surface area contributed by atoms with E-state index in [-0.39, 0.29) is 5.91 Å². The molecule has 13 heavy (non-hydrogen) atoms. The third-order valence-corrected chi connectivity index (χ3v) is 2.22. The molecule has 2 nitrogen and oxygen atoms in total. The highest BCUT2D eigenvalue weighted by atomic mass is 35.5. The summed E-state index contributed by atoms with van der Waals surface area (Å²) in [6.45, 7) is 0. The van der Waals surface area contributed by atoms with Gasteiger partial charge in [0.1, 0.15) is 0 Å². The quantitative estimate of drug-likeness (QED) is 0.713. The van der Waals surface area contributed by atoms with Crippen molar-refractivity contribution in [3.63, 3.8) is 0 Å². The molecule has 0 radical (unpaired) electrons. The molecule has 1 aromatic rings. The fourth-order valence-corrected chi connectivity index (χ4v) is 1.33. The van der Waals surface area contributed by atoms with E-state index in [4.69, 9.17) is 11.6 Å². The zero-order valence-electron chi connectivity index (χ0n) is 7.41. The van der Waals surface area contributed by atoms with Crippen LogP contribution in [0.2, 0.25) is 5.02 Å². The van der Waals surface area contributed by atoms with Crippen LogP contribution in [0.4, 0.5) is 0 Å². The van der Waals surface area contributed by atoms with Gasteiger partial charge in [-0.3, -0.25) is 4.79 Å². The first-order valence-corrected chi connectivity index (χ1v) is 4.55. The summed E-state index contributed by atoms with van der Waals surface area (Å²) in [6.07, 6.45) is 0. The second-order valence-electron chi connectivity index (χ2n) is 2.86. The fourth-order valence-electron chi connectivity index (χ4n) is 0.920. The van der Waals surface area contributed by atoms with Crippen LogP contribution in [0.15, 0.2) is 23.1 Å². The van der Waals surface area contributed by atoms with Gasteiger partial charge in [0.05, 0.1) is 5.56 Å². The Hall–Kier alpha value is -0.670. The first-order chi connectivity index (χ1) is 6.02. The van der Waals surface area contributed by atoms with E-state index in [0.29, 0.717) is 15.5 Å². The van der Waals surface area contributed by atoms with E-state index in [1.54, 1.807) is 32.3 Å². The van der Waals surface area contributed by atoms with Crippen LogP contribution in [0.3, 0.4) is 0 Å². The zero-order valence-corrected chi connectivity index (χ0v) is 9.06. The Morgan fingerprint density at radius 2 is 2.08 bits per heavy atom. The summed E-state index contributed by atoms with van der Waals surface area (Å²) in [5.41, 5.74) is 0.529. The maximum Gasteiger partial charge on any atom is 0.254 e. The van der Waals surface area contributed by atoms with Crippen LogP contribution >= 0.6 is 24.2 Å². The van der Waals surface area contributed by atoms with Crippen molar-refractivity contribution in [2.45, 2.75) is 4.90 Å². The van der Waals surface area contributed by atoms with Crippen LogP contribution in [0.1, 0.15) is 10.4 Å². The van der Waals surface area contributed by atoms with E-state index in [0.717, 1.165) is 0 Å². The highest BCUT2D eigenvalue weighted by molar-refractivity contribution is 7.80. The Labute approximate surface area is 87.9 Å². The monoisotopic (exact) mass is 215 g/mol. The van der Waals surface area contributed by atoms with E-state index in [9.17, 15) is 4.79 Å². The molecule has 1 rings (SSSR count). The SMILES string of the molecule is CN(C)C(=O)c1cc(Cl)ccc1S. The van der Waals surface area contributed by atoms with Gasteiger partial charge in [-0.25, -0.2) is 0 Å². The summed E-state index contributed by atoms with van der Waals surface area (Å²) in [4.78, 5) is 13.7. The Balaban J connectivity index is 3.13. The summed E-state index contributed by atoms with van der Waals surface area (Å²) in [6, 6.07) is 5.03. The van der Waals surface area contributed by atoms with E-state index in [1.807, 2.05) is 0 Å². The lowest BCUT2D eigenvalue weighted by Gasteiger charge is -2.11. The maximum absolute atomic E-state index is 11.5. The fraction of sp³-hybridized carbons (Fsp3) is 0.222. The number of benzene rings is 1. The average Bonchev–Trinajstić information content (AvgIpc) is 2.08. The van der Waals surface area contributed by atoms with Gasteiger partial charge in [0.15, 0.2) is 0 Å². The summed E-state index contributed by atoms with van der Waals surface area (Å²) in [5.74, 6) is -0.0903. The molecular weight excluding hydrogens is 206 g/mol. The molecule has 0 heterocycles. The van der Waals surface area contributed by atoms with Crippen LogP contribution < -0.4 is 0 Å². The Morgan fingerprint density at radius 3 is 2.62 bits per heavy atom. The molecule has 4 heteroatoms. The van der Waals surface area contributed by atoms with Gasteiger partial charge >= 0.3 is 0 Å². The van der Waals surface area contributed by atoms with Crippen molar-refractivity contribution in [2.24, 2.45) is 0 Å². The van der Waals surface area contributed by atoms with Gasteiger partial charge in [-0.15, -0.1) is 12.6 Å². The van der Waals surface area contributed by atoms with Gasteiger partial charge < -0.3 is 4.90 Å². The minimum Gasteiger partial charge on any atom is -0.345 e. The van der Waals surface area contributed by atoms with Gasteiger partial charge in [0, 0.05) is 24.0 Å². The molecule has 70 valence electrons. The molecule has 0 aliphatic carbocycles. The van der Waals surface area contributed by atoms with Crippen molar-refractivity contribution in [2.75, 3.05) is 14.1 Å². The number of carbonyl (C=O) groups excluding carboxylic acids is 1. The molecular formula is C9H10ClNOS. The number of nitrogens with zero attached hydrogens (tertiary/aromatic N) is 1. The summed E-state index contributed by atoms with van der Waals surface area (Å²) >= 11 is 9.93. The number of rotatable bonds is 1. The topological polar surface area (TPSA) is 20.3 Å². The van der Waals surface area contributed by atoms with Crippen molar-refractivity contribution in [3.05, 3.63) is 28.8 Å². The second-order valence-corrected chi connectivity index (χ2v) is 3.78. The molecule has 0 saturated carbocycles. The maximum atomic E-state index is 11.5. The Morgan fingerprint density at radius 1 is 1.46 bits per heavy atom. The van der Waals surface area contributed by atoms with Crippen LogP contribution in [-0.4, -0.2) is 24.9 Å². The molecule has 0 N–H and O–H groups in total. The number of hydrogen-bond donors (Lipinski definition) is 1. The van der Waals surface area contributed by atoms with E-state index < -0.39 is 0 Å². The first kappa shape index (κ1) is 10.4. The number of thiol groups is 1. The third kappa shape index (κ3) is 2.39. The predicted molar refractivity (Wildman–Crippen MR) is 56.7 cm³/mol. The molecule has 1 aromatic carbocycles. The number of carbonyl (C=O) groups is 1. The zero-order chi connectivity index (χ0) is 10.0. The van der Waals surface area contributed by atoms with Gasteiger partial charge in [0.2, 0.25) is 0 Å². The molecule has 0 fully saturated rings. The largest absolute Gasteiger partial charge is 0.345 e. The number of hydrogen-bond acceptors (Lipinski definition) is 2. The normalized spacial score (nSPS) is 9.85. The van der Waals surface area contributed by atoms with Crippen molar-refractivity contribution >= 4 is 30.1 Å². The first-order valence-electron chi connectivity index (χ1n) is 3.72. The third-order valence-electron chi connectivity index (χ3n) is 1.60. The van der Waals surface area contributed by atoms with Crippen molar-refractivity contribution in [1.82, 2.24) is 4.90 Å². The van der Waals surface area contributed by atoms with Crippen LogP contribution in [0.5, 0.6) is 0 Å². The van der Waals surface area contributed by atoms with Crippen LogP contribution in [0.25, 0.3) is 0 Å². The number of amides is 1. The molecule has 0 spiro atoms. The number of halogens is 1. The van der Waals surface area contributed by atoms with Gasteiger partial charge in [-0.05, 0) is 18.2 Å². The predicted octanol–water partition coefficient (Wildman–Crippen LogP) is 2.33. The Bertz CT molecular complexity index is 338. The van der Waals surface area contributed by atoms with Crippen molar-refractivity contribution in [1.29, 1.82) is 0 Å². The van der Waals surface area contributed by atoms with Crippen molar-refractivity contribution in [3.8, 4) is 0 Å². The molecule has 0 aliphatic heterocycles. The van der Waals surface area contributed by atoms with Crippen LogP contribution in [0, 0.1) is 0 Å². The molecule has 0 atom stereocenters. The average molecular weight is 216 g/mol. The van der Waals surface area contributed by atoms with Gasteiger partial charge in [-0.1, -0.05) is 11.6 Å². The van der Waals surface area contributed by atoms with Crippen molar-refractivity contribution < 1.29 is 4.79 Å². The smallest absolute Gasteiger partial charge is 0.254 e. The lowest BCUT2D eigenvalue weighted by molar-refractivity contribution is 0.0824. The highest BCUT2D eigenvalue weighted by Gasteiger charge is 2.11. The van der Waals surface area contributed by atoms with E-state index >= 15 is 0 Å². The lowest BCUT2D eigenvalue weighted by Crippen LogP contribution is -2.22. The minimum atomic E-state index is -0.0903. The highest BCUT2D eigenvalue weighted by Crippen LogP contribution is 2.19. The summed E-state index contributed by atoms with van der Waals surface area (Å²) in [7, 11) is 3.38. The minimum absolute atomic E-state index is 0.0903. The van der Waals surface area contributed by atoms with E-state index in [1.165, 1.54) is 4.90 Å². The molecule has 0 saturated heterocycles. The van der Waals surface area contributed by atoms with E-state index in [2.05, 4.69) is 12.6 Å². The molecule has 0 aliphatic rings. The molecule has 0 unspecified atom stereocenters. The second kappa shape index (κ2) is 4.03. The molecule has 1 amide bonds. The standard InChI is InChI=1S/C9H10ClNOS/c1-11(2)9(12)7-5-6(10)3-4-8(7)13/h3-5,13H,1-2H3. The van der Waals surface area contributed by atoms with Crippen LogP contribution in [-0.2, 0) is 0 Å². The summed E-state index contributed by atoms with van der Waals surface area (Å²) < 4.78 is 0. The Kier molecular flexibility index (Phi) is 3.22. The lowest BCUT2D eigenvalue weighted by atomic mass is 10.2. The molecule has 0 aromatic heterocycles. The molecule has 0 bridgehead atoms. The van der Waals surface area contributed by atoms with Gasteiger partial charge in [-0.2, -0.15) is 0 Å².